The molecule has 1 aromatic heterocycles. The first-order chi connectivity index (χ1) is 5.59. The monoisotopic (exact) mass is 229 g/mol. The number of anilines is 2. The van der Waals surface area contributed by atoms with Gasteiger partial charge in [-0.3, -0.25) is 0 Å². The molecule has 0 amide bonds. The molecule has 0 aliphatic rings. The Kier molecular flexibility index (Phi) is 2.92. The zero-order valence-electron chi connectivity index (χ0n) is 7.13. The fourth-order valence-corrected chi connectivity index (χ4v) is 1.20. The second-order valence-electron chi connectivity index (χ2n) is 2.89. The summed E-state index contributed by atoms with van der Waals surface area (Å²) in [4.78, 5) is 4.13. The maximum Gasteiger partial charge on any atom is 0.149 e. The molecule has 1 aromatic rings. The van der Waals surface area contributed by atoms with Crippen LogP contribution in [0.1, 0.15) is 13.8 Å². The molecule has 12 heavy (non-hydrogen) atoms. The van der Waals surface area contributed by atoms with Gasteiger partial charge in [0.15, 0.2) is 0 Å². The Bertz CT molecular complexity index is 273. The molecule has 3 N–H and O–H groups in total. The molecule has 0 spiro atoms. The lowest BCUT2D eigenvalue weighted by molar-refractivity contribution is 0.890. The summed E-state index contributed by atoms with van der Waals surface area (Å²) in [5.74, 6) is 0.744. The third-order valence-electron chi connectivity index (χ3n) is 1.31. The van der Waals surface area contributed by atoms with Crippen molar-refractivity contribution in [2.24, 2.45) is 0 Å². The number of hydrogen-bond acceptors (Lipinski definition) is 3. The van der Waals surface area contributed by atoms with Crippen LogP contribution in [0.3, 0.4) is 0 Å². The van der Waals surface area contributed by atoms with Gasteiger partial charge in [-0.1, -0.05) is 0 Å². The van der Waals surface area contributed by atoms with Gasteiger partial charge in [-0.25, -0.2) is 4.98 Å². The molecule has 0 bridgehead atoms. The summed E-state index contributed by atoms with van der Waals surface area (Å²) in [5, 5.41) is 3.14. The van der Waals surface area contributed by atoms with Crippen LogP contribution in [-0.2, 0) is 0 Å². The van der Waals surface area contributed by atoms with Crippen molar-refractivity contribution < 1.29 is 0 Å². The molecule has 0 saturated carbocycles. The van der Waals surface area contributed by atoms with Crippen LogP contribution in [0, 0.1) is 0 Å². The quantitative estimate of drug-likeness (QED) is 0.819. The van der Waals surface area contributed by atoms with Crippen LogP contribution in [0.5, 0.6) is 0 Å². The predicted molar refractivity (Wildman–Crippen MR) is 55.1 cm³/mol. The lowest BCUT2D eigenvalue weighted by Gasteiger charge is -2.10. The maximum absolute atomic E-state index is 5.71. The topological polar surface area (TPSA) is 50.9 Å². The minimum Gasteiger partial charge on any atom is -0.396 e. The molecular formula is C8H12BrN3. The van der Waals surface area contributed by atoms with E-state index in [0.29, 0.717) is 11.7 Å². The van der Waals surface area contributed by atoms with Gasteiger partial charge in [0.1, 0.15) is 5.82 Å². The van der Waals surface area contributed by atoms with E-state index in [9.17, 15) is 0 Å². The number of nitrogens with two attached hydrogens (primary N) is 1. The van der Waals surface area contributed by atoms with Crippen molar-refractivity contribution in [3.63, 3.8) is 0 Å². The predicted octanol–water partition coefficient (Wildman–Crippen LogP) is 2.25. The number of rotatable bonds is 2. The van der Waals surface area contributed by atoms with Gasteiger partial charge in [-0.2, -0.15) is 0 Å². The highest BCUT2D eigenvalue weighted by Gasteiger charge is 2.01. The highest BCUT2D eigenvalue weighted by molar-refractivity contribution is 9.10. The molecule has 0 radical (unpaired) electrons. The molecule has 0 atom stereocenters. The first-order valence-electron chi connectivity index (χ1n) is 3.77. The van der Waals surface area contributed by atoms with Gasteiger partial charge in [0.05, 0.1) is 5.69 Å². The number of hydrogen-bond donors (Lipinski definition) is 2. The van der Waals surface area contributed by atoms with Crippen LogP contribution in [0.4, 0.5) is 11.5 Å². The molecule has 0 saturated heterocycles. The molecule has 1 rings (SSSR count). The van der Waals surface area contributed by atoms with Gasteiger partial charge in [-0.05, 0) is 35.8 Å². The van der Waals surface area contributed by atoms with Crippen LogP contribution in [0.25, 0.3) is 0 Å². The number of nitrogen functional groups attached to an aromatic ring is 1. The average molecular weight is 230 g/mol. The largest absolute Gasteiger partial charge is 0.396 e. The molecule has 0 fully saturated rings. The van der Waals surface area contributed by atoms with Gasteiger partial charge in [0, 0.05) is 16.7 Å². The summed E-state index contributed by atoms with van der Waals surface area (Å²) in [6.45, 7) is 4.09. The summed E-state index contributed by atoms with van der Waals surface area (Å²) in [6.07, 6.45) is 1.72. The summed E-state index contributed by atoms with van der Waals surface area (Å²) in [6, 6.07) is 2.18. The third-order valence-corrected chi connectivity index (χ3v) is 1.74. The van der Waals surface area contributed by atoms with E-state index in [4.69, 9.17) is 5.73 Å². The van der Waals surface area contributed by atoms with Crippen LogP contribution in [0.15, 0.2) is 16.7 Å². The normalized spacial score (nSPS) is 10.3. The minimum absolute atomic E-state index is 0.348. The third kappa shape index (κ3) is 2.37. The van der Waals surface area contributed by atoms with Gasteiger partial charge < -0.3 is 11.1 Å². The van der Waals surface area contributed by atoms with Crippen molar-refractivity contribution in [3.8, 4) is 0 Å². The van der Waals surface area contributed by atoms with Crippen LogP contribution in [-0.4, -0.2) is 11.0 Å². The van der Waals surface area contributed by atoms with Crippen molar-refractivity contribution >= 4 is 27.4 Å². The van der Waals surface area contributed by atoms with Crippen molar-refractivity contribution in [2.75, 3.05) is 11.1 Å². The summed E-state index contributed by atoms with van der Waals surface area (Å²) in [5.41, 5.74) is 6.38. The molecule has 66 valence electrons. The van der Waals surface area contributed by atoms with E-state index in [1.807, 2.05) is 19.9 Å². The number of nitrogens with one attached hydrogen (secondary N) is 1. The molecular weight excluding hydrogens is 218 g/mol. The molecule has 0 aliphatic heterocycles. The average Bonchev–Trinajstić information content (AvgIpc) is 1.94. The zero-order chi connectivity index (χ0) is 9.14. The molecule has 4 heteroatoms. The summed E-state index contributed by atoms with van der Waals surface area (Å²) >= 11 is 3.29. The number of halogens is 1. The Hall–Kier alpha value is -0.770. The van der Waals surface area contributed by atoms with Gasteiger partial charge in [0.2, 0.25) is 0 Å². The lowest BCUT2D eigenvalue weighted by atomic mass is 10.3. The van der Waals surface area contributed by atoms with Crippen LogP contribution >= 0.6 is 15.9 Å². The Labute approximate surface area is 80.5 Å². The summed E-state index contributed by atoms with van der Waals surface area (Å²) in [7, 11) is 0. The van der Waals surface area contributed by atoms with E-state index in [1.165, 1.54) is 0 Å². The Balaban J connectivity index is 2.86. The smallest absolute Gasteiger partial charge is 0.149 e. The highest BCUT2D eigenvalue weighted by atomic mass is 79.9. The Morgan fingerprint density at radius 1 is 1.58 bits per heavy atom. The first kappa shape index (κ1) is 9.32. The molecule has 0 unspecified atom stereocenters. The fourth-order valence-electron chi connectivity index (χ4n) is 0.849. The van der Waals surface area contributed by atoms with Crippen molar-refractivity contribution in [3.05, 3.63) is 16.7 Å². The van der Waals surface area contributed by atoms with Crippen molar-refractivity contribution in [2.45, 2.75) is 19.9 Å². The van der Waals surface area contributed by atoms with E-state index in [1.54, 1.807) is 6.20 Å². The number of aromatic nitrogens is 1. The van der Waals surface area contributed by atoms with Crippen LogP contribution < -0.4 is 11.1 Å². The molecule has 0 aliphatic carbocycles. The second kappa shape index (κ2) is 3.76. The summed E-state index contributed by atoms with van der Waals surface area (Å²) < 4.78 is 0.898. The standard InChI is InChI=1S/C8H12BrN3/c1-5(2)12-8-7(10)3-6(9)4-11-8/h3-5H,10H2,1-2H3,(H,11,12). The van der Waals surface area contributed by atoms with E-state index in [-0.39, 0.29) is 0 Å². The lowest BCUT2D eigenvalue weighted by Crippen LogP contribution is -2.12. The Morgan fingerprint density at radius 2 is 2.25 bits per heavy atom. The second-order valence-corrected chi connectivity index (χ2v) is 3.81. The molecule has 3 nitrogen and oxygen atoms in total. The zero-order valence-corrected chi connectivity index (χ0v) is 8.72. The molecule has 0 aromatic carbocycles. The van der Waals surface area contributed by atoms with Gasteiger partial charge in [-0.15, -0.1) is 0 Å². The molecule has 1 heterocycles. The van der Waals surface area contributed by atoms with E-state index in [0.717, 1.165) is 10.3 Å². The van der Waals surface area contributed by atoms with Crippen LogP contribution in [0.2, 0.25) is 0 Å². The Morgan fingerprint density at radius 3 is 2.75 bits per heavy atom. The fraction of sp³-hybridized carbons (Fsp3) is 0.375. The highest BCUT2D eigenvalue weighted by Crippen LogP contribution is 2.20. The van der Waals surface area contributed by atoms with Gasteiger partial charge >= 0.3 is 0 Å². The minimum atomic E-state index is 0.348. The maximum atomic E-state index is 5.71. The SMILES string of the molecule is CC(C)Nc1ncc(Br)cc1N. The number of pyridine rings is 1. The van der Waals surface area contributed by atoms with E-state index >= 15 is 0 Å². The first-order valence-corrected chi connectivity index (χ1v) is 4.56. The van der Waals surface area contributed by atoms with E-state index in [2.05, 4.69) is 26.2 Å². The van der Waals surface area contributed by atoms with E-state index < -0.39 is 0 Å². The van der Waals surface area contributed by atoms with Crippen molar-refractivity contribution in [1.29, 1.82) is 0 Å². The van der Waals surface area contributed by atoms with Crippen molar-refractivity contribution in [1.82, 2.24) is 4.98 Å². The number of nitrogens with zero attached hydrogens (tertiary/aromatic N) is 1. The van der Waals surface area contributed by atoms with Gasteiger partial charge in [0.25, 0.3) is 0 Å².